The summed E-state index contributed by atoms with van der Waals surface area (Å²) >= 11 is 0. The van der Waals surface area contributed by atoms with Crippen LogP contribution in [0.15, 0.2) is 24.3 Å². The quantitative estimate of drug-likeness (QED) is 0.418. The highest BCUT2D eigenvalue weighted by atomic mass is 15.4. The van der Waals surface area contributed by atoms with E-state index in [0.29, 0.717) is 0 Å². The number of hydrogen-bond donors (Lipinski definition) is 0. The van der Waals surface area contributed by atoms with E-state index in [0.717, 1.165) is 6.54 Å². The molecule has 0 bridgehead atoms. The summed E-state index contributed by atoms with van der Waals surface area (Å²) in [6.45, 7) is 18.1. The molecule has 2 fully saturated rings. The van der Waals surface area contributed by atoms with Gasteiger partial charge in [-0.2, -0.15) is 0 Å². The van der Waals surface area contributed by atoms with Crippen LogP contribution in [0.5, 0.6) is 0 Å². The van der Waals surface area contributed by atoms with Crippen LogP contribution in [0.25, 0.3) is 0 Å². The number of rotatable bonds is 10. The minimum absolute atomic E-state index is 1.08. The Bertz CT molecular complexity index is 490. The van der Waals surface area contributed by atoms with E-state index < -0.39 is 0 Å². The maximum Gasteiger partial charge on any atom is 0.0769 e. The highest BCUT2D eigenvalue weighted by Gasteiger charge is 2.27. The van der Waals surface area contributed by atoms with Crippen molar-refractivity contribution in [3.05, 3.63) is 48.9 Å². The molecule has 0 aromatic heterocycles. The Kier molecular flexibility index (Phi) is 7.17. The maximum absolute atomic E-state index is 4.24. The molecule has 2 heteroatoms. The molecule has 2 aliphatic rings. The van der Waals surface area contributed by atoms with E-state index in [9.17, 15) is 0 Å². The standard InChI is InChI=1S/C24H40N2/c1-3-25(17-7-8-18-25)21-11-15-23-13-5-6-14-24(23)16-12-22-26(4-2)19-9-10-20-26/h4-6,13-14H,1,3,7-12,15-22H2,2H3. The molecule has 2 aliphatic heterocycles. The van der Waals surface area contributed by atoms with Crippen molar-refractivity contribution >= 4 is 0 Å². The Labute approximate surface area is 162 Å². The molecule has 0 unspecified atom stereocenters. The fraction of sp³-hybridized carbons (Fsp3) is 0.667. The smallest absolute Gasteiger partial charge is 0.0769 e. The second-order valence-electron chi connectivity index (χ2n) is 8.77. The van der Waals surface area contributed by atoms with Crippen LogP contribution in [-0.4, -0.2) is 54.8 Å². The zero-order chi connectivity index (χ0) is 18.3. The lowest BCUT2D eigenvalue weighted by molar-refractivity contribution is -0.912. The Morgan fingerprint density at radius 3 is 1.92 bits per heavy atom. The van der Waals surface area contributed by atoms with Gasteiger partial charge in [0.25, 0.3) is 0 Å². The summed E-state index contributed by atoms with van der Waals surface area (Å²) in [6, 6.07) is 9.21. The molecule has 1 aromatic carbocycles. The monoisotopic (exact) mass is 356 g/mol. The number of nitrogens with zero attached hydrogens (tertiary/aromatic N) is 2. The molecule has 146 valence electrons. The van der Waals surface area contributed by atoms with Gasteiger partial charge < -0.3 is 8.97 Å². The largest absolute Gasteiger partial charge is 0.455 e. The predicted molar refractivity (Wildman–Crippen MR) is 111 cm³/mol. The Morgan fingerprint density at radius 2 is 1.38 bits per heavy atom. The summed E-state index contributed by atoms with van der Waals surface area (Å²) < 4.78 is 2.53. The number of quaternary nitrogens is 2. The number of likely N-dealkylation sites (tertiary alicyclic amines) is 2. The molecule has 0 radical (unpaired) electrons. The van der Waals surface area contributed by atoms with Gasteiger partial charge in [-0.25, -0.2) is 0 Å². The summed E-state index contributed by atoms with van der Waals surface area (Å²) in [5.74, 6) is 0. The molecular formula is C24H40N2. The molecular weight excluding hydrogens is 316 g/mol. The summed E-state index contributed by atoms with van der Waals surface area (Å²) in [4.78, 5) is 0. The van der Waals surface area contributed by atoms with E-state index in [1.807, 2.05) is 0 Å². The van der Waals surface area contributed by atoms with Crippen molar-refractivity contribution in [3.8, 4) is 0 Å². The molecule has 2 heterocycles. The topological polar surface area (TPSA) is 0 Å². The molecule has 2 saturated heterocycles. The summed E-state index contributed by atoms with van der Waals surface area (Å²) in [7, 11) is 0. The van der Waals surface area contributed by atoms with Gasteiger partial charge in [0.2, 0.25) is 0 Å². The first-order valence-corrected chi connectivity index (χ1v) is 11.1. The Hall–Kier alpha value is -0.860. The fourth-order valence-corrected chi connectivity index (χ4v) is 5.38. The number of hydrogen-bond acceptors (Lipinski definition) is 0. The van der Waals surface area contributed by atoms with Crippen molar-refractivity contribution in [2.24, 2.45) is 0 Å². The molecule has 0 amide bonds. The first-order chi connectivity index (χ1) is 12.7. The van der Waals surface area contributed by atoms with Crippen LogP contribution < -0.4 is 0 Å². The van der Waals surface area contributed by atoms with Gasteiger partial charge >= 0.3 is 0 Å². The molecule has 0 saturated carbocycles. The van der Waals surface area contributed by atoms with E-state index in [-0.39, 0.29) is 0 Å². The van der Waals surface area contributed by atoms with Gasteiger partial charge in [0.05, 0.1) is 39.3 Å². The zero-order valence-electron chi connectivity index (χ0n) is 17.1. The van der Waals surface area contributed by atoms with Gasteiger partial charge in [0, 0.05) is 19.3 Å². The summed E-state index contributed by atoms with van der Waals surface area (Å²) in [5.41, 5.74) is 3.20. The zero-order valence-corrected chi connectivity index (χ0v) is 17.1. The summed E-state index contributed by atoms with van der Waals surface area (Å²) in [6.07, 6.45) is 10.8. The van der Waals surface area contributed by atoms with Gasteiger partial charge in [-0.05, 0) is 49.8 Å². The molecule has 0 spiro atoms. The predicted octanol–water partition coefficient (Wildman–Crippen LogP) is 4.79. The van der Waals surface area contributed by atoms with Crippen LogP contribution >= 0.6 is 0 Å². The molecule has 2 nitrogen and oxygen atoms in total. The van der Waals surface area contributed by atoms with Crippen LogP contribution in [0.3, 0.4) is 0 Å². The van der Waals surface area contributed by atoms with Gasteiger partial charge in [0.15, 0.2) is 0 Å². The molecule has 1 aromatic rings. The molecule has 26 heavy (non-hydrogen) atoms. The van der Waals surface area contributed by atoms with E-state index in [2.05, 4.69) is 44.7 Å². The Morgan fingerprint density at radius 1 is 0.846 bits per heavy atom. The Balaban J connectivity index is 1.49. The lowest BCUT2D eigenvalue weighted by atomic mass is 9.98. The van der Waals surface area contributed by atoms with E-state index in [4.69, 9.17) is 0 Å². The fourth-order valence-electron chi connectivity index (χ4n) is 5.38. The third-order valence-corrected chi connectivity index (χ3v) is 7.24. The molecule has 0 aliphatic carbocycles. The van der Waals surface area contributed by atoms with Crippen molar-refractivity contribution in [2.75, 3.05) is 45.8 Å². The van der Waals surface area contributed by atoms with E-state index >= 15 is 0 Å². The van der Waals surface area contributed by atoms with Crippen LogP contribution in [-0.2, 0) is 12.8 Å². The second kappa shape index (κ2) is 9.37. The van der Waals surface area contributed by atoms with Crippen LogP contribution in [0.2, 0.25) is 0 Å². The molecule has 0 atom stereocenters. The van der Waals surface area contributed by atoms with Crippen LogP contribution in [0.1, 0.15) is 56.6 Å². The third-order valence-electron chi connectivity index (χ3n) is 7.24. The normalized spacial score (nSPS) is 21.3. The maximum atomic E-state index is 4.24. The van der Waals surface area contributed by atoms with E-state index in [1.165, 1.54) is 99.6 Å². The summed E-state index contributed by atoms with van der Waals surface area (Å²) in [5, 5.41) is 0. The highest BCUT2D eigenvalue weighted by molar-refractivity contribution is 5.27. The average Bonchev–Trinajstić information content (AvgIpc) is 3.34. The molecule has 0 N–H and O–H groups in total. The van der Waals surface area contributed by atoms with Crippen LogP contribution in [0.4, 0.5) is 0 Å². The minimum atomic E-state index is 1.08. The van der Waals surface area contributed by atoms with Gasteiger partial charge in [-0.15, -0.1) is 13.5 Å². The lowest BCUT2D eigenvalue weighted by Crippen LogP contribution is -2.45. The first-order valence-electron chi connectivity index (χ1n) is 11.1. The van der Waals surface area contributed by atoms with Crippen molar-refractivity contribution in [2.45, 2.75) is 58.3 Å². The average molecular weight is 357 g/mol. The van der Waals surface area contributed by atoms with Gasteiger partial charge in [-0.3, -0.25) is 6.92 Å². The lowest BCUT2D eigenvalue weighted by Gasteiger charge is -2.42. The highest BCUT2D eigenvalue weighted by Crippen LogP contribution is 2.24. The van der Waals surface area contributed by atoms with Crippen molar-refractivity contribution < 1.29 is 8.97 Å². The molecule has 3 rings (SSSR count). The van der Waals surface area contributed by atoms with Gasteiger partial charge in [0.1, 0.15) is 0 Å². The van der Waals surface area contributed by atoms with Crippen molar-refractivity contribution in [3.63, 3.8) is 0 Å². The van der Waals surface area contributed by atoms with Crippen molar-refractivity contribution in [1.29, 1.82) is 0 Å². The second-order valence-corrected chi connectivity index (χ2v) is 8.77. The number of aryl methyl sites for hydroxylation is 2. The SMILES string of the molecule is [CH2-]C[N+]1(CCCc2ccccc2CCC[N+]2([CH-]C)CCCC2)CCCC1. The number of benzene rings is 1. The van der Waals surface area contributed by atoms with Crippen molar-refractivity contribution in [1.82, 2.24) is 0 Å². The first kappa shape index (κ1) is 19.9. The third kappa shape index (κ3) is 4.89. The van der Waals surface area contributed by atoms with Gasteiger partial charge in [-0.1, -0.05) is 24.3 Å². The van der Waals surface area contributed by atoms with Crippen LogP contribution in [0, 0.1) is 13.5 Å². The minimum Gasteiger partial charge on any atom is -0.455 e. The van der Waals surface area contributed by atoms with E-state index in [1.54, 1.807) is 11.1 Å².